The Morgan fingerprint density at radius 2 is 0.971 bits per heavy atom. The summed E-state index contributed by atoms with van der Waals surface area (Å²) in [6.07, 6.45) is 0. The number of fused-ring (bicyclic) bond motifs is 18. The minimum absolute atomic E-state index is 0.469. The molecule has 2 heterocycles. The zero-order chi connectivity index (χ0) is 44.5. The van der Waals surface area contributed by atoms with Crippen LogP contribution in [0, 0.1) is 0 Å². The standard InChI is InChI=1S/C65H40N2O/c1-2-17-44(18-3-1)67-60-40-43(35-38-49(60)51-39-34-42-16-4-5-19-46(42)63(51)67)41-32-36-45(37-33-41)66(59-30-14-24-52-50-22-9-13-31-61(50)68-64(52)59)58-29-15-28-57-62(58)53-23-8-12-27-56(53)65(57)54-25-10-6-20-47(54)48-21-7-11-26-55(48)65/h1-40H. The van der Waals surface area contributed by atoms with Gasteiger partial charge in [0.25, 0.3) is 0 Å². The quantitative estimate of drug-likeness (QED) is 0.172. The molecule has 1 spiro atoms. The summed E-state index contributed by atoms with van der Waals surface area (Å²) in [7, 11) is 0. The Bertz CT molecular complexity index is 4170. The van der Waals surface area contributed by atoms with Crippen molar-refractivity contribution in [2.75, 3.05) is 4.90 Å². The van der Waals surface area contributed by atoms with Gasteiger partial charge in [0, 0.05) is 43.9 Å². The number of hydrogen-bond acceptors (Lipinski definition) is 2. The highest BCUT2D eigenvalue weighted by Gasteiger charge is 2.52. The number of aromatic nitrogens is 1. The topological polar surface area (TPSA) is 21.3 Å². The minimum atomic E-state index is -0.469. The van der Waals surface area contributed by atoms with Gasteiger partial charge in [0.05, 0.1) is 27.8 Å². The summed E-state index contributed by atoms with van der Waals surface area (Å²) in [4.78, 5) is 2.44. The summed E-state index contributed by atoms with van der Waals surface area (Å²) in [5, 5.41) is 7.18. The summed E-state index contributed by atoms with van der Waals surface area (Å²) in [5.74, 6) is 0. The lowest BCUT2D eigenvalue weighted by atomic mass is 9.70. The average Bonchev–Trinajstić information content (AvgIpc) is 4.14. The monoisotopic (exact) mass is 864 g/mol. The van der Waals surface area contributed by atoms with Gasteiger partial charge in [0.1, 0.15) is 5.58 Å². The lowest BCUT2D eigenvalue weighted by Gasteiger charge is -2.31. The maximum Gasteiger partial charge on any atom is 0.159 e. The number of para-hydroxylation sites is 3. The van der Waals surface area contributed by atoms with Gasteiger partial charge in [-0.05, 0) is 104 Å². The van der Waals surface area contributed by atoms with Gasteiger partial charge in [-0.25, -0.2) is 0 Å². The molecule has 0 bridgehead atoms. The third-order valence-electron chi connectivity index (χ3n) is 15.0. The second kappa shape index (κ2) is 14.0. The van der Waals surface area contributed by atoms with Gasteiger partial charge in [0.2, 0.25) is 0 Å². The van der Waals surface area contributed by atoms with Crippen LogP contribution in [0.25, 0.3) is 93.6 Å². The predicted octanol–water partition coefficient (Wildman–Crippen LogP) is 17.3. The SMILES string of the molecule is c1ccc(-n2c3cc(-c4ccc(N(c5cccc6c5-c5ccccc5C65c6ccccc6-c6ccccc65)c5cccc6c5oc5ccccc56)cc4)ccc3c3ccc4ccccc4c32)cc1. The van der Waals surface area contributed by atoms with Crippen molar-refractivity contribution in [1.82, 2.24) is 4.57 Å². The van der Waals surface area contributed by atoms with E-state index >= 15 is 0 Å². The molecule has 13 aromatic rings. The van der Waals surface area contributed by atoms with E-state index in [1.54, 1.807) is 0 Å². The van der Waals surface area contributed by atoms with Gasteiger partial charge >= 0.3 is 0 Å². The largest absolute Gasteiger partial charge is 0.454 e. The molecule has 0 saturated heterocycles. The molecule has 2 aliphatic carbocycles. The lowest BCUT2D eigenvalue weighted by molar-refractivity contribution is 0.669. The number of nitrogens with zero attached hydrogens (tertiary/aromatic N) is 2. The smallest absolute Gasteiger partial charge is 0.159 e. The Kier molecular flexibility index (Phi) is 7.71. The second-order valence-corrected chi connectivity index (χ2v) is 18.3. The van der Waals surface area contributed by atoms with Crippen LogP contribution in [0.15, 0.2) is 247 Å². The second-order valence-electron chi connectivity index (χ2n) is 18.3. The first-order valence-electron chi connectivity index (χ1n) is 23.5. The molecule has 2 aliphatic rings. The van der Waals surface area contributed by atoms with Crippen LogP contribution in [0.1, 0.15) is 22.3 Å². The van der Waals surface area contributed by atoms with Crippen LogP contribution in [0.3, 0.4) is 0 Å². The van der Waals surface area contributed by atoms with Crippen LogP contribution < -0.4 is 4.90 Å². The summed E-state index contributed by atoms with van der Waals surface area (Å²) >= 11 is 0. The number of rotatable bonds is 5. The van der Waals surface area contributed by atoms with Gasteiger partial charge < -0.3 is 13.9 Å². The third-order valence-corrected chi connectivity index (χ3v) is 15.0. The fourth-order valence-corrected chi connectivity index (χ4v) is 12.2. The van der Waals surface area contributed by atoms with Crippen molar-refractivity contribution in [3.63, 3.8) is 0 Å². The molecule has 316 valence electrons. The molecule has 68 heavy (non-hydrogen) atoms. The average molecular weight is 865 g/mol. The fraction of sp³-hybridized carbons (Fsp3) is 0.0154. The van der Waals surface area contributed by atoms with Gasteiger partial charge in [-0.2, -0.15) is 0 Å². The first-order valence-corrected chi connectivity index (χ1v) is 23.5. The van der Waals surface area contributed by atoms with Crippen LogP contribution >= 0.6 is 0 Å². The number of furan rings is 1. The molecule has 0 atom stereocenters. The van der Waals surface area contributed by atoms with Crippen LogP contribution in [0.4, 0.5) is 17.1 Å². The minimum Gasteiger partial charge on any atom is -0.454 e. The van der Waals surface area contributed by atoms with E-state index in [9.17, 15) is 0 Å². The Hall–Kier alpha value is -8.92. The van der Waals surface area contributed by atoms with Crippen molar-refractivity contribution in [3.05, 3.63) is 265 Å². The molecule has 0 radical (unpaired) electrons. The highest BCUT2D eigenvalue weighted by molar-refractivity contribution is 6.19. The van der Waals surface area contributed by atoms with E-state index in [-0.39, 0.29) is 0 Å². The maximum absolute atomic E-state index is 6.87. The van der Waals surface area contributed by atoms with Gasteiger partial charge in [0.15, 0.2) is 5.58 Å². The third kappa shape index (κ3) is 4.97. The zero-order valence-corrected chi connectivity index (χ0v) is 36.9. The van der Waals surface area contributed by atoms with E-state index in [1.165, 1.54) is 77.1 Å². The summed E-state index contributed by atoms with van der Waals surface area (Å²) < 4.78 is 9.32. The highest BCUT2D eigenvalue weighted by atomic mass is 16.3. The Morgan fingerprint density at radius 1 is 0.382 bits per heavy atom. The van der Waals surface area contributed by atoms with E-state index < -0.39 is 5.41 Å². The molecule has 2 aromatic heterocycles. The molecular formula is C65H40N2O. The normalized spacial score (nSPS) is 13.1. The van der Waals surface area contributed by atoms with Crippen LogP contribution in [0.2, 0.25) is 0 Å². The Morgan fingerprint density at radius 3 is 1.76 bits per heavy atom. The van der Waals surface area contributed by atoms with Crippen LogP contribution in [-0.2, 0) is 5.41 Å². The van der Waals surface area contributed by atoms with E-state index in [0.29, 0.717) is 0 Å². The van der Waals surface area contributed by atoms with Crippen molar-refractivity contribution in [1.29, 1.82) is 0 Å². The summed E-state index contributed by atoms with van der Waals surface area (Å²) in [5.41, 5.74) is 20.6. The summed E-state index contributed by atoms with van der Waals surface area (Å²) in [6.45, 7) is 0. The zero-order valence-electron chi connectivity index (χ0n) is 36.9. The molecule has 3 heteroatoms. The van der Waals surface area contributed by atoms with Crippen molar-refractivity contribution >= 4 is 71.6 Å². The van der Waals surface area contributed by atoms with Crippen molar-refractivity contribution in [2.24, 2.45) is 0 Å². The van der Waals surface area contributed by atoms with Crippen LogP contribution in [0.5, 0.6) is 0 Å². The Labute approximate surface area is 393 Å². The number of anilines is 3. The maximum atomic E-state index is 6.87. The van der Waals surface area contributed by atoms with E-state index in [2.05, 4.69) is 252 Å². The van der Waals surface area contributed by atoms with Gasteiger partial charge in [-0.1, -0.05) is 194 Å². The first-order chi connectivity index (χ1) is 33.8. The molecule has 0 saturated carbocycles. The molecule has 11 aromatic carbocycles. The number of hydrogen-bond donors (Lipinski definition) is 0. The molecule has 15 rings (SSSR count). The molecule has 0 amide bonds. The molecular weight excluding hydrogens is 825 g/mol. The van der Waals surface area contributed by atoms with E-state index in [0.717, 1.165) is 55.8 Å². The molecule has 0 unspecified atom stereocenters. The van der Waals surface area contributed by atoms with Crippen LogP contribution in [-0.4, -0.2) is 4.57 Å². The molecule has 0 aliphatic heterocycles. The van der Waals surface area contributed by atoms with Crippen molar-refractivity contribution in [2.45, 2.75) is 5.41 Å². The van der Waals surface area contributed by atoms with Gasteiger partial charge in [-0.15, -0.1) is 0 Å². The fourth-order valence-electron chi connectivity index (χ4n) is 12.2. The number of benzene rings is 11. The molecule has 0 fully saturated rings. The van der Waals surface area contributed by atoms with E-state index in [4.69, 9.17) is 4.42 Å². The van der Waals surface area contributed by atoms with Crippen molar-refractivity contribution < 1.29 is 4.42 Å². The Balaban J connectivity index is 0.955. The lowest BCUT2D eigenvalue weighted by Crippen LogP contribution is -2.26. The summed E-state index contributed by atoms with van der Waals surface area (Å²) in [6, 6.07) is 89.2. The predicted molar refractivity (Wildman–Crippen MR) is 282 cm³/mol. The highest BCUT2D eigenvalue weighted by Crippen LogP contribution is 2.65. The first kappa shape index (κ1) is 37.3. The van der Waals surface area contributed by atoms with Gasteiger partial charge in [-0.3, -0.25) is 0 Å². The van der Waals surface area contributed by atoms with E-state index in [1.807, 2.05) is 0 Å². The van der Waals surface area contributed by atoms with Crippen molar-refractivity contribution in [3.8, 4) is 39.1 Å². The molecule has 0 N–H and O–H groups in total. The molecule has 3 nitrogen and oxygen atoms in total.